The zero-order valence-electron chi connectivity index (χ0n) is 11.7. The van der Waals surface area contributed by atoms with Gasteiger partial charge in [-0.2, -0.15) is 0 Å². The van der Waals surface area contributed by atoms with Crippen molar-refractivity contribution in [3.63, 3.8) is 0 Å². The first-order valence-electron chi connectivity index (χ1n) is 6.03. The van der Waals surface area contributed by atoms with Crippen LogP contribution >= 0.6 is 0 Å². The molecule has 0 bridgehead atoms. The van der Waals surface area contributed by atoms with E-state index in [0.717, 1.165) is 11.1 Å². The largest absolute Gasteiger partial charge is 0.0955 e. The molecule has 0 amide bonds. The second-order valence-corrected chi connectivity index (χ2v) is 3.11. The van der Waals surface area contributed by atoms with Crippen LogP contribution in [0, 0.1) is 0 Å². The summed E-state index contributed by atoms with van der Waals surface area (Å²) < 4.78 is 0. The van der Waals surface area contributed by atoms with Crippen LogP contribution in [0.5, 0.6) is 0 Å². The number of benzene rings is 1. The molecule has 0 spiro atoms. The summed E-state index contributed by atoms with van der Waals surface area (Å²) >= 11 is 0. The smallest absolute Gasteiger partial charge is 0.0158 e. The molecule has 0 saturated heterocycles. The normalized spacial score (nSPS) is 7.88. The molecule has 0 atom stereocenters. The number of hydrogen-bond donors (Lipinski definition) is 0. The molecule has 0 fully saturated rings. The summed E-state index contributed by atoms with van der Waals surface area (Å²) in [5.41, 5.74) is 4.58. The Hall–Kier alpha value is -1.30. The van der Waals surface area contributed by atoms with Gasteiger partial charge in [-0.1, -0.05) is 76.3 Å². The molecule has 0 heteroatoms. The van der Waals surface area contributed by atoms with Crippen molar-refractivity contribution in [2.24, 2.45) is 0 Å². The van der Waals surface area contributed by atoms with Crippen molar-refractivity contribution in [3.8, 4) is 0 Å². The van der Waals surface area contributed by atoms with Gasteiger partial charge in [0.1, 0.15) is 0 Å². The Morgan fingerprint density at radius 2 is 1.00 bits per heavy atom. The molecule has 90 valence electrons. The van der Waals surface area contributed by atoms with Gasteiger partial charge in [0.15, 0.2) is 0 Å². The van der Waals surface area contributed by atoms with Gasteiger partial charge in [0.25, 0.3) is 0 Å². The van der Waals surface area contributed by atoms with Gasteiger partial charge in [0, 0.05) is 0 Å². The SMILES string of the molecule is C=C(C)c1ccccc1C(=C)C.CC.CC. The topological polar surface area (TPSA) is 0 Å². The third kappa shape index (κ3) is 5.55. The minimum Gasteiger partial charge on any atom is -0.0955 e. The van der Waals surface area contributed by atoms with Crippen molar-refractivity contribution in [1.29, 1.82) is 0 Å². The zero-order chi connectivity index (χ0) is 13.1. The van der Waals surface area contributed by atoms with Crippen molar-refractivity contribution in [2.75, 3.05) is 0 Å². The maximum atomic E-state index is 3.93. The first-order chi connectivity index (χ1) is 7.63. The molecule has 0 saturated carbocycles. The predicted molar refractivity (Wildman–Crippen MR) is 78.6 cm³/mol. The van der Waals surface area contributed by atoms with Crippen LogP contribution in [0.2, 0.25) is 0 Å². The average molecular weight is 218 g/mol. The summed E-state index contributed by atoms with van der Waals surface area (Å²) in [6.45, 7) is 19.9. The van der Waals surface area contributed by atoms with Gasteiger partial charge >= 0.3 is 0 Å². The molecule has 0 aliphatic heterocycles. The number of allylic oxidation sites excluding steroid dienone is 2. The predicted octanol–water partition coefficient (Wildman–Crippen LogP) is 5.81. The van der Waals surface area contributed by atoms with E-state index in [-0.39, 0.29) is 0 Å². The second kappa shape index (κ2) is 10.2. The molecular formula is C16H26. The highest BCUT2D eigenvalue weighted by Crippen LogP contribution is 2.22. The minimum absolute atomic E-state index is 1.09. The summed E-state index contributed by atoms with van der Waals surface area (Å²) in [5, 5.41) is 0. The Balaban J connectivity index is 0. The lowest BCUT2D eigenvalue weighted by molar-refractivity contribution is 1.50. The fourth-order valence-corrected chi connectivity index (χ4v) is 1.23. The van der Waals surface area contributed by atoms with E-state index in [1.165, 1.54) is 11.1 Å². The van der Waals surface area contributed by atoms with Crippen molar-refractivity contribution >= 4 is 11.1 Å². The lowest BCUT2D eigenvalue weighted by Crippen LogP contribution is -1.86. The molecule has 0 N–H and O–H groups in total. The molecule has 0 aromatic heterocycles. The van der Waals surface area contributed by atoms with E-state index >= 15 is 0 Å². The van der Waals surface area contributed by atoms with Gasteiger partial charge in [0.2, 0.25) is 0 Å². The van der Waals surface area contributed by atoms with Crippen molar-refractivity contribution < 1.29 is 0 Å². The fraction of sp³-hybridized carbons (Fsp3) is 0.375. The maximum Gasteiger partial charge on any atom is -0.0158 e. The molecule has 0 unspecified atom stereocenters. The van der Waals surface area contributed by atoms with Gasteiger partial charge in [-0.05, 0) is 25.0 Å². The van der Waals surface area contributed by atoms with Crippen LogP contribution in [0.25, 0.3) is 11.1 Å². The minimum atomic E-state index is 1.09. The van der Waals surface area contributed by atoms with Crippen LogP contribution in [0.4, 0.5) is 0 Å². The highest BCUT2D eigenvalue weighted by atomic mass is 14.1. The van der Waals surface area contributed by atoms with Crippen LogP contribution in [0.15, 0.2) is 37.4 Å². The van der Waals surface area contributed by atoms with E-state index in [1.54, 1.807) is 0 Å². The first-order valence-corrected chi connectivity index (χ1v) is 6.03. The lowest BCUT2D eigenvalue weighted by Gasteiger charge is -2.07. The van der Waals surface area contributed by atoms with Crippen LogP contribution in [-0.4, -0.2) is 0 Å². The van der Waals surface area contributed by atoms with Crippen molar-refractivity contribution in [2.45, 2.75) is 41.5 Å². The van der Waals surface area contributed by atoms with Crippen LogP contribution in [-0.2, 0) is 0 Å². The highest BCUT2D eigenvalue weighted by molar-refractivity contribution is 5.76. The third-order valence-corrected chi connectivity index (χ3v) is 1.85. The number of rotatable bonds is 2. The second-order valence-electron chi connectivity index (χ2n) is 3.11. The lowest BCUT2D eigenvalue weighted by atomic mass is 9.98. The summed E-state index contributed by atoms with van der Waals surface area (Å²) in [4.78, 5) is 0. The fourth-order valence-electron chi connectivity index (χ4n) is 1.23. The Morgan fingerprint density at radius 1 is 0.750 bits per heavy atom. The summed E-state index contributed by atoms with van der Waals surface area (Å²) in [6, 6.07) is 8.20. The van der Waals surface area contributed by atoms with Gasteiger partial charge in [-0.3, -0.25) is 0 Å². The van der Waals surface area contributed by atoms with Gasteiger partial charge in [0.05, 0.1) is 0 Å². The van der Waals surface area contributed by atoms with E-state index in [2.05, 4.69) is 25.3 Å². The van der Waals surface area contributed by atoms with Gasteiger partial charge < -0.3 is 0 Å². The summed E-state index contributed by atoms with van der Waals surface area (Å²) in [7, 11) is 0. The monoisotopic (exact) mass is 218 g/mol. The standard InChI is InChI=1S/C12H14.2C2H6/c1-9(2)11-7-5-6-8-12(11)10(3)4;2*1-2/h5-8H,1,3H2,2,4H3;2*1-2H3. The van der Waals surface area contributed by atoms with Gasteiger partial charge in [-0.25, -0.2) is 0 Å². The Bertz CT molecular complexity index is 286. The molecule has 0 radical (unpaired) electrons. The summed E-state index contributed by atoms with van der Waals surface area (Å²) in [6.07, 6.45) is 0. The number of hydrogen-bond acceptors (Lipinski definition) is 0. The Kier molecular flexibility index (Phi) is 10.9. The van der Waals surface area contributed by atoms with E-state index in [9.17, 15) is 0 Å². The van der Waals surface area contributed by atoms with Crippen molar-refractivity contribution in [3.05, 3.63) is 48.6 Å². The maximum absolute atomic E-state index is 3.93. The summed E-state index contributed by atoms with van der Waals surface area (Å²) in [5.74, 6) is 0. The molecular weight excluding hydrogens is 192 g/mol. The average Bonchev–Trinajstić information content (AvgIpc) is 2.34. The van der Waals surface area contributed by atoms with E-state index < -0.39 is 0 Å². The molecule has 0 aliphatic carbocycles. The van der Waals surface area contributed by atoms with E-state index in [4.69, 9.17) is 0 Å². The van der Waals surface area contributed by atoms with Crippen LogP contribution in [0.1, 0.15) is 52.7 Å². The zero-order valence-corrected chi connectivity index (χ0v) is 11.7. The first kappa shape index (κ1) is 17.1. The Labute approximate surface area is 102 Å². The van der Waals surface area contributed by atoms with Crippen LogP contribution < -0.4 is 0 Å². The quantitative estimate of drug-likeness (QED) is 0.588. The van der Waals surface area contributed by atoms with E-state index in [0.29, 0.717) is 0 Å². The molecule has 0 nitrogen and oxygen atoms in total. The molecule has 1 rings (SSSR count). The Morgan fingerprint density at radius 3 is 1.19 bits per heavy atom. The highest BCUT2D eigenvalue weighted by Gasteiger charge is 2.00. The molecule has 16 heavy (non-hydrogen) atoms. The van der Waals surface area contributed by atoms with E-state index in [1.807, 2.05) is 53.7 Å². The third-order valence-electron chi connectivity index (χ3n) is 1.85. The molecule has 1 aromatic carbocycles. The molecule has 0 aliphatic rings. The molecule has 1 aromatic rings. The molecule has 0 heterocycles. The van der Waals surface area contributed by atoms with Crippen LogP contribution in [0.3, 0.4) is 0 Å². The van der Waals surface area contributed by atoms with Gasteiger partial charge in [-0.15, -0.1) is 0 Å². The van der Waals surface area contributed by atoms with Crippen molar-refractivity contribution in [1.82, 2.24) is 0 Å².